The Kier molecular flexibility index (Phi) is 7.37. The molecule has 192 valence electrons. The molecule has 1 aliphatic heterocycles. The van der Waals surface area contributed by atoms with Gasteiger partial charge in [-0.1, -0.05) is 42.1 Å². The molecule has 0 unspecified atom stereocenters. The Morgan fingerprint density at radius 1 is 1.08 bits per heavy atom. The first kappa shape index (κ1) is 24.9. The molecule has 1 aliphatic carbocycles. The number of anilines is 3. The summed E-state index contributed by atoms with van der Waals surface area (Å²) in [6.07, 6.45) is 5.22. The largest absolute Gasteiger partial charge is 0.360 e. The molecule has 3 aromatic heterocycles. The van der Waals surface area contributed by atoms with Crippen molar-refractivity contribution < 1.29 is 13.6 Å². The number of carbonyl (C=O) groups is 1. The highest BCUT2D eigenvalue weighted by Crippen LogP contribution is 2.43. The van der Waals surface area contributed by atoms with E-state index in [0.717, 1.165) is 46.5 Å². The zero-order valence-corrected chi connectivity index (χ0v) is 21.5. The number of rotatable bonds is 9. The fraction of sp³-hybridized carbons (Fsp3) is 0.565. The normalized spacial score (nSPS) is 21.1. The highest BCUT2D eigenvalue weighted by atomic mass is 32.1. The number of alkyl halides is 2. The summed E-state index contributed by atoms with van der Waals surface area (Å²) in [6, 6.07) is 5.53. The highest BCUT2D eigenvalue weighted by molar-refractivity contribution is 7.15. The van der Waals surface area contributed by atoms with E-state index in [2.05, 4.69) is 36.0 Å². The van der Waals surface area contributed by atoms with E-state index in [4.69, 9.17) is 0 Å². The van der Waals surface area contributed by atoms with Crippen LogP contribution in [0.25, 0.3) is 0 Å². The van der Waals surface area contributed by atoms with Gasteiger partial charge in [-0.2, -0.15) is 0 Å². The van der Waals surface area contributed by atoms with Gasteiger partial charge in [0, 0.05) is 36.9 Å². The Bertz CT molecular complexity index is 1190. The second-order valence-corrected chi connectivity index (χ2v) is 11.2. The minimum atomic E-state index is -2.61. The van der Waals surface area contributed by atoms with Crippen molar-refractivity contribution in [1.82, 2.24) is 25.4 Å². The molecule has 3 aromatic rings. The summed E-state index contributed by atoms with van der Waals surface area (Å²) in [6.45, 7) is 1.90. The van der Waals surface area contributed by atoms with E-state index in [-0.39, 0.29) is 19.0 Å². The number of halogens is 2. The number of aromatic nitrogens is 5. The van der Waals surface area contributed by atoms with E-state index in [9.17, 15) is 13.6 Å². The van der Waals surface area contributed by atoms with E-state index >= 15 is 0 Å². The topological polar surface area (TPSA) is 109 Å². The summed E-state index contributed by atoms with van der Waals surface area (Å²) < 4.78 is 26.3. The molecular weight excluding hydrogens is 506 g/mol. The van der Waals surface area contributed by atoms with E-state index < -0.39 is 5.92 Å². The van der Waals surface area contributed by atoms with Crippen LogP contribution in [0.2, 0.25) is 0 Å². The molecule has 1 saturated carbocycles. The summed E-state index contributed by atoms with van der Waals surface area (Å²) in [5.74, 6) is -1.45. The molecule has 0 radical (unpaired) electrons. The van der Waals surface area contributed by atoms with Gasteiger partial charge in [-0.05, 0) is 31.4 Å². The maximum atomic E-state index is 13.2. The smallest absolute Gasteiger partial charge is 0.282 e. The monoisotopic (exact) mass is 534 g/mol. The lowest BCUT2D eigenvalue weighted by Gasteiger charge is -2.39. The molecule has 2 N–H and O–H groups in total. The SMILES string of the molecule is CCC(=O)Nc1nnc([C@H]2CCC[C@H](c3nnc(NCCc4cccc(N5CC(F)(F)C5)n4)s3)C2)s1. The molecular formula is C23H28F2N8OS2. The number of nitrogens with one attached hydrogen (secondary N) is 2. The summed E-state index contributed by atoms with van der Waals surface area (Å²) >= 11 is 3.03. The van der Waals surface area contributed by atoms with Crippen molar-refractivity contribution in [2.75, 3.05) is 35.2 Å². The number of nitrogens with zero attached hydrogens (tertiary/aromatic N) is 6. The highest BCUT2D eigenvalue weighted by Gasteiger charge is 2.44. The lowest BCUT2D eigenvalue weighted by molar-refractivity contribution is -0.115. The van der Waals surface area contributed by atoms with Gasteiger partial charge in [-0.25, -0.2) is 13.8 Å². The van der Waals surface area contributed by atoms with E-state index in [1.54, 1.807) is 22.3 Å². The Balaban J connectivity index is 1.12. The fourth-order valence-corrected chi connectivity index (χ4v) is 6.34. The molecule has 1 saturated heterocycles. The van der Waals surface area contributed by atoms with Crippen LogP contribution < -0.4 is 15.5 Å². The van der Waals surface area contributed by atoms with Gasteiger partial charge in [0.2, 0.25) is 16.2 Å². The number of pyridine rings is 1. The van der Waals surface area contributed by atoms with Crippen LogP contribution in [0.4, 0.5) is 24.9 Å². The van der Waals surface area contributed by atoms with Crippen LogP contribution >= 0.6 is 22.7 Å². The molecule has 1 amide bonds. The molecule has 0 spiro atoms. The number of amides is 1. The van der Waals surface area contributed by atoms with Crippen molar-refractivity contribution in [3.63, 3.8) is 0 Å². The third kappa shape index (κ3) is 5.94. The van der Waals surface area contributed by atoms with Gasteiger partial charge < -0.3 is 15.5 Å². The number of carbonyl (C=O) groups excluding carboxylic acids is 1. The average Bonchev–Trinajstić information content (AvgIpc) is 3.53. The molecule has 0 aromatic carbocycles. The third-order valence-corrected chi connectivity index (χ3v) is 8.48. The minimum Gasteiger partial charge on any atom is -0.360 e. The first-order chi connectivity index (χ1) is 17.4. The first-order valence-corrected chi connectivity index (χ1v) is 13.8. The van der Waals surface area contributed by atoms with Gasteiger partial charge in [0.15, 0.2) is 0 Å². The van der Waals surface area contributed by atoms with Gasteiger partial charge >= 0.3 is 0 Å². The lowest BCUT2D eigenvalue weighted by atomic mass is 9.82. The Morgan fingerprint density at radius 2 is 1.78 bits per heavy atom. The van der Waals surface area contributed by atoms with Crippen LogP contribution in [0, 0.1) is 0 Å². The van der Waals surface area contributed by atoms with E-state index in [1.807, 2.05) is 19.1 Å². The second-order valence-electron chi connectivity index (χ2n) is 9.23. The van der Waals surface area contributed by atoms with Gasteiger partial charge in [0.1, 0.15) is 15.8 Å². The standard InChI is InChI=1S/C23H28F2N8OS2/c1-2-18(34)28-22-32-30-20(36-22)15-6-3-5-14(11-15)19-29-31-21(35-19)26-10-9-16-7-4-8-17(27-16)33-12-23(24,25)13-33/h4,7-8,14-15H,2-3,5-6,9-13H2,1H3,(H,26,31)(H,28,32,34)/t14-,15-/m0/s1. The van der Waals surface area contributed by atoms with Gasteiger partial charge in [-0.15, -0.1) is 20.4 Å². The molecule has 5 rings (SSSR count). The Hall–Kier alpha value is -2.80. The fourth-order valence-electron chi connectivity index (χ4n) is 4.52. The van der Waals surface area contributed by atoms with E-state index in [1.165, 1.54) is 11.3 Å². The summed E-state index contributed by atoms with van der Waals surface area (Å²) in [7, 11) is 0. The average molecular weight is 535 g/mol. The van der Waals surface area contributed by atoms with Crippen LogP contribution in [-0.2, 0) is 11.2 Å². The number of hydrogen-bond donors (Lipinski definition) is 2. The molecule has 0 bridgehead atoms. The van der Waals surface area contributed by atoms with Crippen molar-refractivity contribution in [3.05, 3.63) is 33.9 Å². The van der Waals surface area contributed by atoms with Crippen LogP contribution in [0.1, 0.15) is 66.6 Å². The minimum absolute atomic E-state index is 0.0580. The van der Waals surface area contributed by atoms with Crippen molar-refractivity contribution >= 4 is 44.7 Å². The molecule has 9 nitrogen and oxygen atoms in total. The zero-order chi connectivity index (χ0) is 25.1. The van der Waals surface area contributed by atoms with Crippen molar-refractivity contribution in [1.29, 1.82) is 0 Å². The maximum Gasteiger partial charge on any atom is 0.282 e. The van der Waals surface area contributed by atoms with Gasteiger partial charge in [0.05, 0.1) is 13.1 Å². The lowest BCUT2D eigenvalue weighted by Crippen LogP contribution is -2.56. The molecule has 2 aliphatic rings. The quantitative estimate of drug-likeness (QED) is 0.407. The summed E-state index contributed by atoms with van der Waals surface area (Å²) in [5, 5.41) is 26.6. The molecule has 4 heterocycles. The third-order valence-electron chi connectivity index (χ3n) is 6.44. The zero-order valence-electron chi connectivity index (χ0n) is 19.9. The molecule has 13 heteroatoms. The van der Waals surface area contributed by atoms with Gasteiger partial charge in [0.25, 0.3) is 5.92 Å². The van der Waals surface area contributed by atoms with Crippen LogP contribution in [0.3, 0.4) is 0 Å². The predicted octanol–water partition coefficient (Wildman–Crippen LogP) is 4.68. The summed E-state index contributed by atoms with van der Waals surface area (Å²) in [4.78, 5) is 17.7. The predicted molar refractivity (Wildman–Crippen MR) is 136 cm³/mol. The van der Waals surface area contributed by atoms with Crippen molar-refractivity contribution in [2.24, 2.45) is 0 Å². The maximum absolute atomic E-state index is 13.2. The molecule has 36 heavy (non-hydrogen) atoms. The Morgan fingerprint density at radius 3 is 2.47 bits per heavy atom. The second kappa shape index (κ2) is 10.7. The van der Waals surface area contributed by atoms with Gasteiger partial charge in [-0.3, -0.25) is 4.79 Å². The first-order valence-electron chi connectivity index (χ1n) is 12.2. The number of hydrogen-bond acceptors (Lipinski definition) is 10. The summed E-state index contributed by atoms with van der Waals surface area (Å²) in [5.41, 5.74) is 0.849. The van der Waals surface area contributed by atoms with E-state index in [0.29, 0.717) is 42.2 Å². The Labute approximate surface area is 215 Å². The van der Waals surface area contributed by atoms with Crippen LogP contribution in [0.15, 0.2) is 18.2 Å². The van der Waals surface area contributed by atoms with Crippen molar-refractivity contribution in [3.8, 4) is 0 Å². The van der Waals surface area contributed by atoms with Crippen LogP contribution in [0.5, 0.6) is 0 Å². The van der Waals surface area contributed by atoms with Crippen molar-refractivity contribution in [2.45, 2.75) is 63.2 Å². The molecule has 2 atom stereocenters. The van der Waals surface area contributed by atoms with Crippen LogP contribution in [-0.4, -0.2) is 56.8 Å². The molecule has 2 fully saturated rings.